The predicted octanol–water partition coefficient (Wildman–Crippen LogP) is 5.28. The first-order valence-corrected chi connectivity index (χ1v) is 10.4. The standard InChI is InChI=1S/C24H26N2O3S/c1-7-8-18-12-17(13-20(28-5)22(18)29-6)14-21-23(27)26(4)24(30-21)25-19-10-9-15(2)16(3)11-19/h7,9-14H,1,8H2,2-6H3/b21-14+,25-24?. The van der Waals surface area contributed by atoms with Crippen molar-refractivity contribution >= 4 is 34.6 Å². The van der Waals surface area contributed by atoms with Crippen LogP contribution in [0.2, 0.25) is 0 Å². The predicted molar refractivity (Wildman–Crippen MR) is 125 cm³/mol. The third-order valence-corrected chi connectivity index (χ3v) is 6.02. The Morgan fingerprint density at radius 1 is 1.13 bits per heavy atom. The number of nitrogens with zero attached hydrogens (tertiary/aromatic N) is 2. The van der Waals surface area contributed by atoms with Crippen molar-refractivity contribution in [3.63, 3.8) is 0 Å². The molecule has 0 N–H and O–H groups in total. The Hall–Kier alpha value is -2.99. The van der Waals surface area contributed by atoms with Gasteiger partial charge in [-0.05, 0) is 79.1 Å². The molecule has 0 spiro atoms. The van der Waals surface area contributed by atoms with Crippen LogP contribution in [0.1, 0.15) is 22.3 Å². The van der Waals surface area contributed by atoms with E-state index >= 15 is 0 Å². The molecule has 1 aliphatic rings. The Kier molecular flexibility index (Phi) is 6.67. The van der Waals surface area contributed by atoms with Gasteiger partial charge in [-0.15, -0.1) is 6.58 Å². The van der Waals surface area contributed by atoms with Gasteiger partial charge >= 0.3 is 0 Å². The summed E-state index contributed by atoms with van der Waals surface area (Å²) in [5, 5.41) is 0.654. The number of amidine groups is 1. The van der Waals surface area contributed by atoms with Crippen molar-refractivity contribution in [1.82, 2.24) is 4.90 Å². The Morgan fingerprint density at radius 2 is 1.90 bits per heavy atom. The molecule has 6 heteroatoms. The molecule has 0 saturated carbocycles. The van der Waals surface area contributed by atoms with Gasteiger partial charge in [0.05, 0.1) is 24.8 Å². The van der Waals surface area contributed by atoms with E-state index in [9.17, 15) is 4.79 Å². The summed E-state index contributed by atoms with van der Waals surface area (Å²) in [6.07, 6.45) is 4.31. The van der Waals surface area contributed by atoms with Crippen LogP contribution in [0.4, 0.5) is 5.69 Å². The summed E-state index contributed by atoms with van der Waals surface area (Å²) in [7, 11) is 4.96. The monoisotopic (exact) mass is 422 g/mol. The molecule has 0 unspecified atom stereocenters. The molecule has 1 heterocycles. The molecule has 0 atom stereocenters. The van der Waals surface area contributed by atoms with Gasteiger partial charge in [-0.3, -0.25) is 9.69 Å². The van der Waals surface area contributed by atoms with Gasteiger partial charge in [-0.25, -0.2) is 4.99 Å². The fraction of sp³-hybridized carbons (Fsp3) is 0.250. The van der Waals surface area contributed by atoms with E-state index in [1.54, 1.807) is 26.2 Å². The summed E-state index contributed by atoms with van der Waals surface area (Å²) in [6, 6.07) is 9.88. The molecular formula is C24H26N2O3S. The number of rotatable bonds is 6. The summed E-state index contributed by atoms with van der Waals surface area (Å²) in [5.74, 6) is 1.22. The maximum absolute atomic E-state index is 12.8. The lowest BCUT2D eigenvalue weighted by Gasteiger charge is -2.13. The van der Waals surface area contributed by atoms with Crippen molar-refractivity contribution in [2.24, 2.45) is 4.99 Å². The van der Waals surface area contributed by atoms with E-state index in [2.05, 4.69) is 25.4 Å². The number of carbonyl (C=O) groups is 1. The van der Waals surface area contributed by atoms with Crippen molar-refractivity contribution in [2.45, 2.75) is 20.3 Å². The smallest absolute Gasteiger partial charge is 0.266 e. The van der Waals surface area contributed by atoms with E-state index < -0.39 is 0 Å². The lowest BCUT2D eigenvalue weighted by molar-refractivity contribution is -0.121. The lowest BCUT2D eigenvalue weighted by atomic mass is 10.0. The Balaban J connectivity index is 1.97. The minimum Gasteiger partial charge on any atom is -0.493 e. The van der Waals surface area contributed by atoms with Gasteiger partial charge in [0.1, 0.15) is 0 Å². The van der Waals surface area contributed by atoms with Crippen LogP contribution in [0.25, 0.3) is 6.08 Å². The average molecular weight is 423 g/mol. The fourth-order valence-corrected chi connectivity index (χ4v) is 4.15. The third-order valence-electron chi connectivity index (χ3n) is 4.96. The van der Waals surface area contributed by atoms with E-state index in [1.807, 2.05) is 42.5 Å². The van der Waals surface area contributed by atoms with Crippen molar-refractivity contribution in [1.29, 1.82) is 0 Å². The van der Waals surface area contributed by atoms with Gasteiger partial charge in [0.25, 0.3) is 5.91 Å². The van der Waals surface area contributed by atoms with Crippen molar-refractivity contribution < 1.29 is 14.3 Å². The first kappa shape index (κ1) is 21.7. The quantitative estimate of drug-likeness (QED) is 0.469. The summed E-state index contributed by atoms with van der Waals surface area (Å²) in [5.41, 5.74) is 5.03. The molecule has 1 amide bonds. The highest BCUT2D eigenvalue weighted by molar-refractivity contribution is 8.18. The number of hydrogen-bond acceptors (Lipinski definition) is 5. The van der Waals surface area contributed by atoms with E-state index in [0.29, 0.717) is 28.0 Å². The van der Waals surface area contributed by atoms with E-state index in [-0.39, 0.29) is 5.91 Å². The second-order valence-corrected chi connectivity index (χ2v) is 8.06. The third kappa shape index (κ3) is 4.44. The maximum Gasteiger partial charge on any atom is 0.266 e. The minimum atomic E-state index is -0.0809. The van der Waals surface area contributed by atoms with Crippen LogP contribution in [-0.4, -0.2) is 37.2 Å². The molecule has 156 valence electrons. The highest BCUT2D eigenvalue weighted by Gasteiger charge is 2.30. The molecule has 0 aromatic heterocycles. The zero-order valence-electron chi connectivity index (χ0n) is 18.0. The van der Waals surface area contributed by atoms with E-state index in [0.717, 1.165) is 16.8 Å². The number of benzene rings is 2. The normalized spacial score (nSPS) is 16.4. The zero-order valence-corrected chi connectivity index (χ0v) is 18.8. The average Bonchev–Trinajstić information content (AvgIpc) is 2.98. The first-order valence-electron chi connectivity index (χ1n) is 9.57. The Labute approximate surface area is 182 Å². The van der Waals surface area contributed by atoms with Crippen molar-refractivity contribution in [2.75, 3.05) is 21.3 Å². The number of aliphatic imine (C=N–C) groups is 1. The molecule has 0 bridgehead atoms. The Morgan fingerprint density at radius 3 is 2.53 bits per heavy atom. The van der Waals surface area contributed by atoms with Gasteiger partial charge in [0, 0.05) is 12.6 Å². The molecule has 30 heavy (non-hydrogen) atoms. The number of thioether (sulfide) groups is 1. The molecule has 2 aromatic rings. The Bertz CT molecular complexity index is 1060. The minimum absolute atomic E-state index is 0.0809. The second kappa shape index (κ2) is 9.22. The topological polar surface area (TPSA) is 51.1 Å². The van der Waals surface area contributed by atoms with Crippen LogP contribution in [0, 0.1) is 13.8 Å². The molecule has 3 rings (SSSR count). The number of carbonyl (C=O) groups excluding carboxylic acids is 1. The van der Waals surface area contributed by atoms with Gasteiger partial charge in [-0.2, -0.15) is 0 Å². The summed E-state index contributed by atoms with van der Waals surface area (Å²) in [4.78, 5) is 19.7. The molecule has 1 aliphatic heterocycles. The first-order chi connectivity index (χ1) is 14.4. The molecule has 5 nitrogen and oxygen atoms in total. The van der Waals surface area contributed by atoms with Crippen LogP contribution in [0.15, 0.2) is 52.9 Å². The fourth-order valence-electron chi connectivity index (χ4n) is 3.17. The summed E-state index contributed by atoms with van der Waals surface area (Å²) < 4.78 is 11.0. The molecule has 0 aliphatic carbocycles. The summed E-state index contributed by atoms with van der Waals surface area (Å²) in [6.45, 7) is 7.93. The highest BCUT2D eigenvalue weighted by Crippen LogP contribution is 2.37. The summed E-state index contributed by atoms with van der Waals surface area (Å²) >= 11 is 1.36. The van der Waals surface area contributed by atoms with Crippen LogP contribution in [-0.2, 0) is 11.2 Å². The lowest BCUT2D eigenvalue weighted by Crippen LogP contribution is -2.23. The van der Waals surface area contributed by atoms with E-state index in [1.165, 1.54) is 22.9 Å². The number of hydrogen-bond donors (Lipinski definition) is 0. The van der Waals surface area contributed by atoms with Crippen molar-refractivity contribution in [3.8, 4) is 11.5 Å². The largest absolute Gasteiger partial charge is 0.493 e. The van der Waals surface area contributed by atoms with Gasteiger partial charge in [0.2, 0.25) is 0 Å². The molecule has 1 fully saturated rings. The second-order valence-electron chi connectivity index (χ2n) is 7.05. The van der Waals surface area contributed by atoms with Crippen LogP contribution >= 0.6 is 11.8 Å². The van der Waals surface area contributed by atoms with Crippen LogP contribution < -0.4 is 9.47 Å². The maximum atomic E-state index is 12.8. The number of likely N-dealkylation sites (N-methyl/N-ethyl adjacent to an activating group) is 1. The number of aryl methyl sites for hydroxylation is 2. The zero-order chi connectivity index (χ0) is 21.8. The number of amides is 1. The molecule has 1 saturated heterocycles. The van der Waals surface area contributed by atoms with Gasteiger partial charge in [-0.1, -0.05) is 12.1 Å². The van der Waals surface area contributed by atoms with Crippen molar-refractivity contribution in [3.05, 3.63) is 70.1 Å². The highest BCUT2D eigenvalue weighted by atomic mass is 32.2. The number of ether oxygens (including phenoxy) is 2. The van der Waals surface area contributed by atoms with Crippen LogP contribution in [0.3, 0.4) is 0 Å². The molecule has 0 radical (unpaired) electrons. The molecular weight excluding hydrogens is 396 g/mol. The van der Waals surface area contributed by atoms with Gasteiger partial charge < -0.3 is 9.47 Å². The number of allylic oxidation sites excluding steroid dienone is 1. The van der Waals surface area contributed by atoms with Crippen LogP contribution in [0.5, 0.6) is 11.5 Å². The van der Waals surface area contributed by atoms with E-state index in [4.69, 9.17) is 9.47 Å². The molecule has 2 aromatic carbocycles. The number of methoxy groups -OCH3 is 2. The SMILES string of the molecule is C=CCc1cc(/C=C2/SC(=Nc3ccc(C)c(C)c3)N(C)C2=O)cc(OC)c1OC. The van der Waals surface area contributed by atoms with Gasteiger partial charge in [0.15, 0.2) is 16.7 Å².